The molecular formula is C9H16O3Si. The minimum Gasteiger partial charge on any atom is -0.459 e. The Hall–Kier alpha value is -0.793. The fraction of sp³-hybridized carbons (Fsp3) is 0.667. The van der Waals surface area contributed by atoms with Crippen LogP contribution in [0.3, 0.4) is 0 Å². The van der Waals surface area contributed by atoms with Gasteiger partial charge in [0.1, 0.15) is 6.10 Å². The maximum absolute atomic E-state index is 10.6. The zero-order valence-electron chi connectivity index (χ0n) is 8.80. The molecule has 0 fully saturated rings. The highest BCUT2D eigenvalue weighted by atomic mass is 28.4. The standard InChI is InChI=1S/C9H16O3Si/c1-8(12-13(3,4)5)6-7-9(10)11-2/h8H,1-5H3. The number of rotatable bonds is 2. The van der Waals surface area contributed by atoms with Crippen molar-refractivity contribution in [2.24, 2.45) is 0 Å². The van der Waals surface area contributed by atoms with Crippen LogP contribution in [0.25, 0.3) is 0 Å². The Kier molecular flexibility index (Phi) is 4.74. The summed E-state index contributed by atoms with van der Waals surface area (Å²) in [5.74, 6) is 4.50. The molecule has 0 bridgehead atoms. The molecule has 0 aromatic heterocycles. The van der Waals surface area contributed by atoms with Crippen LogP contribution in [0.5, 0.6) is 0 Å². The van der Waals surface area contributed by atoms with Crippen LogP contribution in [0.1, 0.15) is 6.92 Å². The van der Waals surface area contributed by atoms with Gasteiger partial charge in [-0.3, -0.25) is 0 Å². The molecule has 74 valence electrons. The number of hydrogen-bond donors (Lipinski definition) is 0. The molecule has 0 aromatic rings. The first-order chi connectivity index (χ1) is 5.85. The van der Waals surface area contributed by atoms with Crippen molar-refractivity contribution in [2.45, 2.75) is 32.7 Å². The molecule has 1 atom stereocenters. The second kappa shape index (κ2) is 5.05. The van der Waals surface area contributed by atoms with E-state index < -0.39 is 14.3 Å². The van der Waals surface area contributed by atoms with Gasteiger partial charge < -0.3 is 9.16 Å². The van der Waals surface area contributed by atoms with Gasteiger partial charge in [0, 0.05) is 5.92 Å². The van der Waals surface area contributed by atoms with E-state index in [9.17, 15) is 4.79 Å². The van der Waals surface area contributed by atoms with Crippen LogP contribution in [-0.4, -0.2) is 27.5 Å². The van der Waals surface area contributed by atoms with Gasteiger partial charge in [0.25, 0.3) is 0 Å². The number of hydrogen-bond acceptors (Lipinski definition) is 3. The number of ether oxygens (including phenoxy) is 1. The fourth-order valence-corrected chi connectivity index (χ4v) is 1.89. The summed E-state index contributed by atoms with van der Waals surface area (Å²) in [6, 6.07) is 0. The molecule has 3 nitrogen and oxygen atoms in total. The highest BCUT2D eigenvalue weighted by Gasteiger charge is 2.16. The summed E-state index contributed by atoms with van der Waals surface area (Å²) in [7, 11) is -0.251. The lowest BCUT2D eigenvalue weighted by molar-refractivity contribution is -0.133. The summed E-state index contributed by atoms with van der Waals surface area (Å²) < 4.78 is 9.96. The van der Waals surface area contributed by atoms with E-state index in [1.807, 2.05) is 6.92 Å². The van der Waals surface area contributed by atoms with Gasteiger partial charge in [-0.15, -0.1) is 0 Å². The van der Waals surface area contributed by atoms with E-state index >= 15 is 0 Å². The van der Waals surface area contributed by atoms with Gasteiger partial charge >= 0.3 is 5.97 Å². The van der Waals surface area contributed by atoms with Gasteiger partial charge in [0.05, 0.1) is 7.11 Å². The van der Waals surface area contributed by atoms with Crippen LogP contribution in [0, 0.1) is 11.8 Å². The molecule has 13 heavy (non-hydrogen) atoms. The van der Waals surface area contributed by atoms with Crippen molar-refractivity contribution in [1.82, 2.24) is 0 Å². The normalized spacial score (nSPS) is 12.7. The molecule has 0 aliphatic heterocycles. The highest BCUT2D eigenvalue weighted by Crippen LogP contribution is 2.05. The van der Waals surface area contributed by atoms with Gasteiger partial charge in [0.15, 0.2) is 8.32 Å². The summed E-state index contributed by atoms with van der Waals surface area (Å²) >= 11 is 0. The minimum atomic E-state index is -1.56. The first kappa shape index (κ1) is 12.2. The van der Waals surface area contributed by atoms with Crippen molar-refractivity contribution < 1.29 is 14.0 Å². The summed E-state index contributed by atoms with van der Waals surface area (Å²) in [4.78, 5) is 10.6. The maximum atomic E-state index is 10.6. The number of carbonyl (C=O) groups is 1. The molecule has 1 unspecified atom stereocenters. The van der Waals surface area contributed by atoms with Crippen molar-refractivity contribution in [3.63, 3.8) is 0 Å². The van der Waals surface area contributed by atoms with Crippen molar-refractivity contribution in [3.8, 4) is 11.8 Å². The smallest absolute Gasteiger partial charge is 0.384 e. The van der Waals surface area contributed by atoms with E-state index in [-0.39, 0.29) is 6.10 Å². The first-order valence-electron chi connectivity index (χ1n) is 4.12. The molecule has 0 saturated carbocycles. The Morgan fingerprint density at radius 3 is 2.31 bits per heavy atom. The largest absolute Gasteiger partial charge is 0.459 e. The van der Waals surface area contributed by atoms with E-state index in [2.05, 4.69) is 36.2 Å². The molecule has 0 aliphatic carbocycles. The van der Waals surface area contributed by atoms with E-state index in [0.717, 1.165) is 0 Å². The molecule has 0 aromatic carbocycles. The predicted molar refractivity (Wildman–Crippen MR) is 53.7 cm³/mol. The molecule has 0 saturated heterocycles. The van der Waals surface area contributed by atoms with Crippen LogP contribution >= 0.6 is 0 Å². The molecule has 0 N–H and O–H groups in total. The van der Waals surface area contributed by atoms with Gasteiger partial charge in [-0.2, -0.15) is 0 Å². The molecule has 0 spiro atoms. The zero-order valence-corrected chi connectivity index (χ0v) is 9.80. The SMILES string of the molecule is COC(=O)C#CC(C)O[Si](C)(C)C. The van der Waals surface area contributed by atoms with Crippen molar-refractivity contribution in [2.75, 3.05) is 7.11 Å². The third-order valence-electron chi connectivity index (χ3n) is 1.09. The van der Waals surface area contributed by atoms with E-state index in [4.69, 9.17) is 4.43 Å². The van der Waals surface area contributed by atoms with Crippen LogP contribution in [0.4, 0.5) is 0 Å². The quantitative estimate of drug-likeness (QED) is 0.292. The minimum absolute atomic E-state index is 0.203. The van der Waals surface area contributed by atoms with Crippen LogP contribution in [0.15, 0.2) is 0 Å². The highest BCUT2D eigenvalue weighted by molar-refractivity contribution is 6.69. The molecule has 0 aliphatic rings. The summed E-state index contributed by atoms with van der Waals surface area (Å²) in [5, 5.41) is 0. The third-order valence-corrected chi connectivity index (χ3v) is 2.15. The Balaban J connectivity index is 4.05. The molecular weight excluding hydrogens is 184 g/mol. The summed E-state index contributed by atoms with van der Waals surface area (Å²) in [5.41, 5.74) is 0. The van der Waals surface area contributed by atoms with Crippen LogP contribution in [-0.2, 0) is 14.0 Å². The average molecular weight is 200 g/mol. The van der Waals surface area contributed by atoms with E-state index in [1.54, 1.807) is 0 Å². The number of methoxy groups -OCH3 is 1. The van der Waals surface area contributed by atoms with Gasteiger partial charge in [0.2, 0.25) is 0 Å². The molecule has 0 heterocycles. The van der Waals surface area contributed by atoms with E-state index in [0.29, 0.717) is 0 Å². The van der Waals surface area contributed by atoms with Crippen molar-refractivity contribution >= 4 is 14.3 Å². The third kappa shape index (κ3) is 7.56. The second-order valence-corrected chi connectivity index (χ2v) is 8.09. The van der Waals surface area contributed by atoms with Gasteiger partial charge in [-0.25, -0.2) is 4.79 Å². The fourth-order valence-electron chi connectivity index (χ4n) is 0.771. The van der Waals surface area contributed by atoms with Crippen molar-refractivity contribution in [1.29, 1.82) is 0 Å². The first-order valence-corrected chi connectivity index (χ1v) is 7.53. The molecule has 0 radical (unpaired) electrons. The monoisotopic (exact) mass is 200 g/mol. The topological polar surface area (TPSA) is 35.5 Å². The van der Waals surface area contributed by atoms with Gasteiger partial charge in [-0.05, 0) is 26.6 Å². The van der Waals surface area contributed by atoms with Crippen LogP contribution in [0.2, 0.25) is 19.6 Å². The lowest BCUT2D eigenvalue weighted by atomic mass is 10.4. The molecule has 4 heteroatoms. The maximum Gasteiger partial charge on any atom is 0.384 e. The Labute approximate surface area is 80.6 Å². The summed E-state index contributed by atoms with van der Waals surface area (Å²) in [6.07, 6.45) is -0.203. The Bertz CT molecular complexity index is 231. The second-order valence-electron chi connectivity index (χ2n) is 3.63. The lowest BCUT2D eigenvalue weighted by Gasteiger charge is -2.19. The Morgan fingerprint density at radius 2 is 1.92 bits per heavy atom. The lowest BCUT2D eigenvalue weighted by Crippen LogP contribution is -2.29. The van der Waals surface area contributed by atoms with Gasteiger partial charge in [-0.1, -0.05) is 5.92 Å². The van der Waals surface area contributed by atoms with Crippen molar-refractivity contribution in [3.05, 3.63) is 0 Å². The molecule has 0 amide bonds. The zero-order chi connectivity index (χ0) is 10.5. The number of esters is 1. The van der Waals surface area contributed by atoms with E-state index in [1.165, 1.54) is 7.11 Å². The summed E-state index contributed by atoms with van der Waals surface area (Å²) in [6.45, 7) is 8.05. The molecule has 0 rings (SSSR count). The Morgan fingerprint density at radius 1 is 1.38 bits per heavy atom. The predicted octanol–water partition coefficient (Wildman–Crippen LogP) is 1.40. The number of carbonyl (C=O) groups excluding carboxylic acids is 1. The van der Waals surface area contributed by atoms with Crippen LogP contribution < -0.4 is 0 Å². The average Bonchev–Trinajstić information content (AvgIpc) is 1.97.